The summed E-state index contributed by atoms with van der Waals surface area (Å²) in [6.07, 6.45) is 1.10. The van der Waals surface area contributed by atoms with Gasteiger partial charge in [0.2, 0.25) is 5.24 Å². The van der Waals surface area contributed by atoms with E-state index in [4.69, 9.17) is 16.4 Å². The molecule has 1 amide bonds. The van der Waals surface area contributed by atoms with Gasteiger partial charge in [-0.05, 0) is 47.5 Å². The van der Waals surface area contributed by atoms with Crippen molar-refractivity contribution in [2.45, 2.75) is 11.5 Å². The topological polar surface area (TPSA) is 93.1 Å². The van der Waals surface area contributed by atoms with Crippen LogP contribution in [0.4, 0.5) is 10.1 Å². The highest BCUT2D eigenvalue weighted by molar-refractivity contribution is 7.90. The number of nitrogens with zero attached hydrogens (tertiary/aromatic N) is 2. The van der Waals surface area contributed by atoms with E-state index < -0.39 is 26.8 Å². The molecule has 146 valence electrons. The van der Waals surface area contributed by atoms with Crippen LogP contribution in [0, 0.1) is 5.82 Å². The van der Waals surface area contributed by atoms with Crippen molar-refractivity contribution in [2.24, 2.45) is 5.16 Å². The van der Waals surface area contributed by atoms with Crippen molar-refractivity contribution in [3.63, 3.8) is 0 Å². The van der Waals surface area contributed by atoms with Crippen molar-refractivity contribution in [2.75, 3.05) is 17.7 Å². The Morgan fingerprint density at radius 1 is 1.21 bits per heavy atom. The second kappa shape index (κ2) is 7.69. The smallest absolute Gasteiger partial charge is 0.281 e. The van der Waals surface area contributed by atoms with Gasteiger partial charge in [-0.2, -0.15) is 0 Å². The van der Waals surface area contributed by atoms with Gasteiger partial charge in [0, 0.05) is 11.8 Å². The highest BCUT2D eigenvalue weighted by atomic mass is 35.5. The minimum Gasteiger partial charge on any atom is -0.390 e. The van der Waals surface area contributed by atoms with Crippen LogP contribution in [0.3, 0.4) is 0 Å². The molecule has 1 aliphatic rings. The normalized spacial score (nSPS) is 15.0. The Morgan fingerprint density at radius 2 is 1.89 bits per heavy atom. The lowest BCUT2D eigenvalue weighted by molar-refractivity contribution is -0.115. The average molecular weight is 425 g/mol. The Labute approximate surface area is 165 Å². The summed E-state index contributed by atoms with van der Waals surface area (Å²) >= 11 is 5.38. The molecule has 0 unspecified atom stereocenters. The second-order valence-corrected chi connectivity index (χ2v) is 8.47. The number of hydrogen-bond acceptors (Lipinski definition) is 6. The fourth-order valence-corrected chi connectivity index (χ4v) is 3.41. The van der Waals surface area contributed by atoms with Gasteiger partial charge in [-0.3, -0.25) is 14.5 Å². The number of amides is 1. The molecule has 0 atom stereocenters. The molecule has 0 N–H and O–H groups in total. The minimum atomic E-state index is -3.31. The first-order chi connectivity index (χ1) is 13.2. The molecule has 1 aliphatic heterocycles. The monoisotopic (exact) mass is 424 g/mol. The predicted molar refractivity (Wildman–Crippen MR) is 100 cm³/mol. The van der Waals surface area contributed by atoms with Crippen molar-refractivity contribution in [3.8, 4) is 0 Å². The van der Waals surface area contributed by atoms with Gasteiger partial charge in [-0.25, -0.2) is 12.8 Å². The molecule has 0 saturated heterocycles. The van der Waals surface area contributed by atoms with Crippen molar-refractivity contribution in [1.29, 1.82) is 0 Å². The summed E-state index contributed by atoms with van der Waals surface area (Å²) in [5.74, 6) is -1.21. The number of fused-ring (bicyclic) bond motifs is 1. The third kappa shape index (κ3) is 4.20. The van der Waals surface area contributed by atoms with Gasteiger partial charge in [-0.1, -0.05) is 17.3 Å². The number of hydrogen-bond donors (Lipinski definition) is 0. The van der Waals surface area contributed by atoms with Crippen LogP contribution in [0.5, 0.6) is 0 Å². The molecule has 2 aromatic carbocycles. The molecule has 10 heteroatoms. The zero-order valence-electron chi connectivity index (χ0n) is 14.6. The fraction of sp³-hybridized carbons (Fsp3) is 0.167. The molecule has 2 aromatic rings. The van der Waals surface area contributed by atoms with E-state index in [1.807, 2.05) is 0 Å². The summed E-state index contributed by atoms with van der Waals surface area (Å²) in [6.45, 7) is -0.426. The number of halogens is 2. The van der Waals surface area contributed by atoms with Gasteiger partial charge in [-0.15, -0.1) is 0 Å². The maximum atomic E-state index is 13.6. The standard InChI is InChI=1S/C18H14ClFN2O5S/c1-28(25,26)13-5-2-11(3-6-13)10-27-21-17-14-8-12(20)4-7-15(14)22(18(17)24)9-16(19)23/h2-8H,9-10H2,1H3/b21-17+. The van der Waals surface area contributed by atoms with Crippen molar-refractivity contribution >= 4 is 44.0 Å². The van der Waals surface area contributed by atoms with E-state index in [2.05, 4.69) is 5.16 Å². The summed E-state index contributed by atoms with van der Waals surface area (Å²) in [4.78, 5) is 30.2. The molecule has 0 bridgehead atoms. The number of anilines is 1. The molecule has 0 aliphatic carbocycles. The number of benzene rings is 2. The van der Waals surface area contributed by atoms with E-state index in [1.54, 1.807) is 12.1 Å². The van der Waals surface area contributed by atoms with Gasteiger partial charge in [0.1, 0.15) is 19.0 Å². The first kappa shape index (κ1) is 20.0. The van der Waals surface area contributed by atoms with Gasteiger partial charge in [0.15, 0.2) is 15.5 Å². The van der Waals surface area contributed by atoms with E-state index in [1.165, 1.54) is 18.2 Å². The van der Waals surface area contributed by atoms with E-state index in [0.29, 0.717) is 11.3 Å². The highest BCUT2D eigenvalue weighted by Crippen LogP contribution is 2.30. The third-order valence-corrected chi connectivity index (χ3v) is 5.22. The quantitative estimate of drug-likeness (QED) is 0.524. The Hall–Kier alpha value is -2.78. The van der Waals surface area contributed by atoms with Crippen LogP contribution in [-0.2, 0) is 30.9 Å². The number of carbonyl (C=O) groups is 2. The van der Waals surface area contributed by atoms with Crippen LogP contribution < -0.4 is 4.90 Å². The fourth-order valence-electron chi connectivity index (χ4n) is 2.66. The summed E-state index contributed by atoms with van der Waals surface area (Å²) in [6, 6.07) is 9.60. The van der Waals surface area contributed by atoms with E-state index in [0.717, 1.165) is 23.3 Å². The Balaban J connectivity index is 1.81. The van der Waals surface area contributed by atoms with Crippen molar-refractivity contribution in [1.82, 2.24) is 0 Å². The van der Waals surface area contributed by atoms with Gasteiger partial charge < -0.3 is 4.84 Å². The SMILES string of the molecule is CS(=O)(=O)c1ccc(CO/N=C2/C(=O)N(CC(=O)Cl)c3ccc(F)cc32)cc1. The maximum Gasteiger partial charge on any atom is 0.281 e. The lowest BCUT2D eigenvalue weighted by Crippen LogP contribution is -2.33. The molecule has 0 fully saturated rings. The molecule has 0 radical (unpaired) electrons. The molecule has 0 saturated carbocycles. The van der Waals surface area contributed by atoms with Crippen LogP contribution in [0.2, 0.25) is 0 Å². The zero-order valence-corrected chi connectivity index (χ0v) is 16.1. The van der Waals surface area contributed by atoms with E-state index >= 15 is 0 Å². The summed E-state index contributed by atoms with van der Waals surface area (Å²) < 4.78 is 36.5. The molecule has 0 aromatic heterocycles. The Morgan fingerprint density at radius 3 is 2.50 bits per heavy atom. The second-order valence-electron chi connectivity index (χ2n) is 6.04. The number of sulfone groups is 1. The van der Waals surface area contributed by atoms with Gasteiger partial charge in [0.05, 0.1) is 10.6 Å². The lowest BCUT2D eigenvalue weighted by Gasteiger charge is -2.13. The highest BCUT2D eigenvalue weighted by Gasteiger charge is 2.36. The molecule has 28 heavy (non-hydrogen) atoms. The first-order valence-corrected chi connectivity index (χ1v) is 10.2. The van der Waals surface area contributed by atoms with Gasteiger partial charge >= 0.3 is 0 Å². The molecular weight excluding hydrogens is 411 g/mol. The summed E-state index contributed by atoms with van der Waals surface area (Å²) in [5, 5.41) is 3.04. The Bertz CT molecular complexity index is 1080. The maximum absolute atomic E-state index is 13.6. The lowest BCUT2D eigenvalue weighted by atomic mass is 10.1. The largest absolute Gasteiger partial charge is 0.390 e. The predicted octanol–water partition coefficient (Wildman–Crippen LogP) is 2.26. The minimum absolute atomic E-state index is 0.0418. The molecule has 3 rings (SSSR count). The summed E-state index contributed by atoms with van der Waals surface area (Å²) in [5.41, 5.74) is 0.963. The summed E-state index contributed by atoms with van der Waals surface area (Å²) in [7, 11) is -3.31. The number of carbonyl (C=O) groups excluding carboxylic acids is 2. The third-order valence-electron chi connectivity index (χ3n) is 3.97. The van der Waals surface area contributed by atoms with Crippen LogP contribution in [0.15, 0.2) is 52.5 Å². The number of oxime groups is 1. The Kier molecular flexibility index (Phi) is 5.48. The average Bonchev–Trinajstić information content (AvgIpc) is 2.86. The molecule has 7 nitrogen and oxygen atoms in total. The molecular formula is C18H14ClFN2O5S. The first-order valence-electron chi connectivity index (χ1n) is 7.96. The molecule has 1 heterocycles. The van der Waals surface area contributed by atoms with Crippen LogP contribution in [0.1, 0.15) is 11.1 Å². The van der Waals surface area contributed by atoms with E-state index in [-0.39, 0.29) is 29.3 Å². The van der Waals surface area contributed by atoms with Crippen LogP contribution >= 0.6 is 11.6 Å². The number of rotatable bonds is 6. The van der Waals surface area contributed by atoms with Crippen molar-refractivity contribution < 1.29 is 27.2 Å². The van der Waals surface area contributed by atoms with Crippen LogP contribution in [0.25, 0.3) is 0 Å². The van der Waals surface area contributed by atoms with Gasteiger partial charge in [0.25, 0.3) is 5.91 Å². The zero-order chi connectivity index (χ0) is 20.5. The van der Waals surface area contributed by atoms with E-state index in [9.17, 15) is 22.4 Å². The molecule has 0 spiro atoms. The van der Waals surface area contributed by atoms with Crippen molar-refractivity contribution in [3.05, 3.63) is 59.4 Å². The van der Waals surface area contributed by atoms with Crippen LogP contribution in [-0.4, -0.2) is 38.1 Å².